The molecule has 0 saturated heterocycles. The van der Waals surface area contributed by atoms with Crippen molar-refractivity contribution in [3.8, 4) is 5.75 Å². The first kappa shape index (κ1) is 89.8. The number of aliphatic hydroxyl groups excluding tert-OH is 4. The largest absolute Gasteiger partial charge is 0.496 e. The standard InChI is InChI=1S/C28H30N4O3.C27H28N4O2.C25H27N5O2.C24H28N4O2/c1-35-26-12-11-21(22-9-5-6-10-23(22)26)18-31-14-13-25-24(19-31)27(30-32(25)15-16-33)28(34)29-17-20-7-3-2-4-8-20;32-16-15-31-25-13-14-30(18-22-11-6-10-21-9-4-5-12-23(21)22)19-24(25)26(29-31)27(33)28-17-20-7-2-1-3-8-20;31-13-12-30-23-10-11-29(16-19-15-26-22-9-5-4-8-20(19)22)17-21(23)24(28-30)25(32)27-14-18-6-2-1-3-7-18;1-18-6-5-9-20(14-18)16-27-11-10-22-21(17-27)23(26-28(22)12-13-29)24(30)25-15-19-7-3-2-4-8-19/h2-12,33H,13-19H2,1H3,(H,29,34);1-12,32H,13-19H2,(H,28,33);1-9,15,26,31H,10-14,16-17H2,(H,27,32);2-9,14,29H,10-13,15-17H2,1H3,(H,25,30). The van der Waals surface area contributed by atoms with Crippen molar-refractivity contribution in [2.45, 2.75) is 137 Å². The Labute approximate surface area is 756 Å². The number of hydrogen-bond acceptors (Lipinski definition) is 17. The first-order valence-electron chi connectivity index (χ1n) is 44.8. The summed E-state index contributed by atoms with van der Waals surface area (Å²) in [5.74, 6) is 0.185. The van der Waals surface area contributed by atoms with Crippen LogP contribution in [0.4, 0.5) is 0 Å². The first-order valence-corrected chi connectivity index (χ1v) is 44.8. The van der Waals surface area contributed by atoms with E-state index in [2.05, 4.69) is 182 Å². The molecule has 668 valence electrons. The molecule has 10 aromatic carbocycles. The molecular formula is C104H113N17O9. The molecule has 26 nitrogen and oxygen atoms in total. The van der Waals surface area contributed by atoms with Gasteiger partial charge in [-0.3, -0.25) is 57.5 Å². The minimum Gasteiger partial charge on any atom is -0.496 e. The van der Waals surface area contributed by atoms with Gasteiger partial charge in [0.2, 0.25) is 0 Å². The first-order chi connectivity index (χ1) is 63.8. The van der Waals surface area contributed by atoms with Gasteiger partial charge < -0.3 is 51.4 Å². The van der Waals surface area contributed by atoms with E-state index in [1.807, 2.05) is 150 Å². The molecule has 0 atom stereocenters. The monoisotopic (exact) mass is 1740 g/mol. The van der Waals surface area contributed by atoms with Crippen molar-refractivity contribution >= 4 is 56.1 Å². The van der Waals surface area contributed by atoms with E-state index in [0.717, 1.165) is 162 Å². The minimum atomic E-state index is -0.182. The molecule has 26 heteroatoms. The highest BCUT2D eigenvalue weighted by Gasteiger charge is 2.34. The van der Waals surface area contributed by atoms with Crippen LogP contribution in [0.1, 0.15) is 137 Å². The van der Waals surface area contributed by atoms with Crippen LogP contribution in [0.25, 0.3) is 32.4 Å². The fourth-order valence-corrected chi connectivity index (χ4v) is 18.2. The van der Waals surface area contributed by atoms with Gasteiger partial charge in [-0.2, -0.15) is 20.4 Å². The average Bonchev–Trinajstić information content (AvgIpc) is 1.63. The summed E-state index contributed by atoms with van der Waals surface area (Å²) in [6.07, 6.45) is 5.28. The molecule has 4 aliphatic rings. The zero-order valence-electron chi connectivity index (χ0n) is 73.7. The number of ether oxygens (including phenoxy) is 1. The number of nitrogens with zero attached hydrogens (tertiary/aromatic N) is 12. The van der Waals surface area contributed by atoms with Crippen LogP contribution in [0, 0.1) is 6.92 Å². The predicted molar refractivity (Wildman–Crippen MR) is 503 cm³/mol. The predicted octanol–water partition coefficient (Wildman–Crippen LogP) is 12.6. The van der Waals surface area contributed by atoms with Gasteiger partial charge in [-0.1, -0.05) is 242 Å². The fraction of sp³-hybridized carbons (Fsp3) is 0.288. The Hall–Kier alpha value is -13.5. The van der Waals surface area contributed by atoms with Crippen LogP contribution >= 0.6 is 0 Å². The number of aliphatic hydroxyl groups is 4. The Kier molecular flexibility index (Phi) is 30.1. The lowest BCUT2D eigenvalue weighted by Gasteiger charge is -2.28. The van der Waals surface area contributed by atoms with E-state index < -0.39 is 0 Å². The lowest BCUT2D eigenvalue weighted by molar-refractivity contribution is 0.0934. The molecule has 0 bridgehead atoms. The summed E-state index contributed by atoms with van der Waals surface area (Å²) >= 11 is 0. The van der Waals surface area contributed by atoms with Crippen molar-refractivity contribution in [2.24, 2.45) is 0 Å². The molecule has 4 amide bonds. The Morgan fingerprint density at radius 2 is 0.677 bits per heavy atom. The number of hydrogen-bond donors (Lipinski definition) is 9. The van der Waals surface area contributed by atoms with E-state index in [-0.39, 0.29) is 50.1 Å². The maximum absolute atomic E-state index is 13.1. The molecule has 0 unspecified atom stereocenters. The van der Waals surface area contributed by atoms with Crippen LogP contribution < -0.4 is 26.0 Å². The number of carbonyl (C=O) groups excluding carboxylic acids is 4. The number of benzene rings is 10. The maximum atomic E-state index is 13.1. The highest BCUT2D eigenvalue weighted by molar-refractivity contribution is 5.96. The van der Waals surface area contributed by atoms with Gasteiger partial charge in [-0.15, -0.1) is 0 Å². The van der Waals surface area contributed by atoms with Crippen molar-refractivity contribution in [2.75, 3.05) is 59.7 Å². The van der Waals surface area contributed by atoms with Crippen LogP contribution in [0.2, 0.25) is 0 Å². The van der Waals surface area contributed by atoms with Crippen molar-refractivity contribution < 1.29 is 44.3 Å². The van der Waals surface area contributed by atoms with Gasteiger partial charge in [0.25, 0.3) is 23.6 Å². The molecular weight excluding hydrogens is 1630 g/mol. The van der Waals surface area contributed by atoms with Crippen molar-refractivity contribution in [3.63, 3.8) is 0 Å². The van der Waals surface area contributed by atoms with E-state index in [9.17, 15) is 39.6 Å². The number of carbonyl (C=O) groups is 4. The molecule has 0 fully saturated rings. The van der Waals surface area contributed by atoms with Crippen LogP contribution in [0.5, 0.6) is 5.75 Å². The lowest BCUT2D eigenvalue weighted by atomic mass is 10.0. The topological polar surface area (TPSA) is 307 Å². The highest BCUT2D eigenvalue weighted by Crippen LogP contribution is 2.34. The molecule has 9 heterocycles. The number of nitrogens with one attached hydrogen (secondary N) is 5. The van der Waals surface area contributed by atoms with Gasteiger partial charge in [-0.05, 0) is 79.7 Å². The number of aryl methyl sites for hydroxylation is 1. The van der Waals surface area contributed by atoms with Crippen LogP contribution in [-0.2, 0) is 130 Å². The minimum absolute atomic E-state index is 0.00108. The average molecular weight is 1750 g/mol. The van der Waals surface area contributed by atoms with Gasteiger partial charge in [0, 0.05) is 198 Å². The number of fused-ring (bicyclic) bond motifs is 7. The van der Waals surface area contributed by atoms with Crippen LogP contribution in [0.3, 0.4) is 0 Å². The summed E-state index contributed by atoms with van der Waals surface area (Å²) in [4.78, 5) is 65.0. The van der Waals surface area contributed by atoms with Gasteiger partial charge in [0.15, 0.2) is 22.8 Å². The quantitative estimate of drug-likeness (QED) is 0.0210. The molecule has 0 radical (unpaired) electrons. The second kappa shape index (κ2) is 43.5. The summed E-state index contributed by atoms with van der Waals surface area (Å²) in [5, 5.41) is 74.3. The van der Waals surface area contributed by atoms with Gasteiger partial charge in [0.1, 0.15) is 5.75 Å². The maximum Gasteiger partial charge on any atom is 0.272 e. The second-order valence-electron chi connectivity index (χ2n) is 33.4. The summed E-state index contributed by atoms with van der Waals surface area (Å²) < 4.78 is 12.8. The highest BCUT2D eigenvalue weighted by atomic mass is 16.5. The fourth-order valence-electron chi connectivity index (χ4n) is 18.2. The van der Waals surface area contributed by atoms with Crippen molar-refractivity contribution in [1.82, 2.24) is 85.0 Å². The number of methoxy groups -OCH3 is 1. The molecule has 0 saturated carbocycles. The molecule has 130 heavy (non-hydrogen) atoms. The van der Waals surface area contributed by atoms with Crippen LogP contribution in [-0.4, -0.2) is 167 Å². The molecule has 15 aromatic rings. The van der Waals surface area contributed by atoms with E-state index in [1.165, 1.54) is 49.4 Å². The van der Waals surface area contributed by atoms with Gasteiger partial charge in [-0.25, -0.2) is 0 Å². The third-order valence-corrected chi connectivity index (χ3v) is 24.6. The van der Waals surface area contributed by atoms with Gasteiger partial charge >= 0.3 is 0 Å². The van der Waals surface area contributed by atoms with Crippen molar-refractivity contribution in [3.05, 3.63) is 373 Å². The zero-order valence-corrected chi connectivity index (χ0v) is 73.7. The smallest absolute Gasteiger partial charge is 0.272 e. The number of rotatable bonds is 29. The molecule has 5 aromatic heterocycles. The van der Waals surface area contributed by atoms with E-state index >= 15 is 0 Å². The molecule has 9 N–H and O–H groups in total. The molecule has 4 aliphatic heterocycles. The SMILES string of the molecule is COc1ccc(CN2CCc3c(c(C(=O)NCc4ccccc4)nn3CCO)C2)c2ccccc12.Cc1cccc(CN2CCc3c(c(C(=O)NCc4ccccc4)nn3CCO)C2)c1.O=C(NCc1ccccc1)c1nn(CCO)c2c1CN(Cc1c[nH]c3ccccc13)CC2.O=C(NCc1ccccc1)c1nn(CCO)c2c1CN(Cc1cccc3ccccc13)CC2. The molecule has 0 spiro atoms. The summed E-state index contributed by atoms with van der Waals surface area (Å²) in [6.45, 7) is 14.9. The zero-order chi connectivity index (χ0) is 89.7. The summed E-state index contributed by atoms with van der Waals surface area (Å²) in [7, 11) is 1.70. The van der Waals surface area contributed by atoms with Crippen molar-refractivity contribution in [1.29, 1.82) is 0 Å². The van der Waals surface area contributed by atoms with Gasteiger partial charge in [0.05, 0.1) is 59.7 Å². The summed E-state index contributed by atoms with van der Waals surface area (Å²) in [6, 6.07) is 83.6. The molecule has 19 rings (SSSR count). The number of aromatic nitrogens is 9. The number of amides is 4. The van der Waals surface area contributed by atoms with E-state index in [0.29, 0.717) is 101 Å². The normalized spacial score (nSPS) is 13.7. The third kappa shape index (κ3) is 21.9. The van der Waals surface area contributed by atoms with E-state index in [1.54, 1.807) is 21.2 Å². The Balaban J connectivity index is 0.000000127. The second-order valence-corrected chi connectivity index (χ2v) is 33.4. The summed E-state index contributed by atoms with van der Waals surface area (Å²) in [5.41, 5.74) is 21.6. The van der Waals surface area contributed by atoms with Crippen LogP contribution in [0.15, 0.2) is 255 Å². The third-order valence-electron chi connectivity index (χ3n) is 24.6. The molecule has 0 aliphatic carbocycles. The van der Waals surface area contributed by atoms with E-state index in [4.69, 9.17) is 4.74 Å². The Morgan fingerprint density at radius 3 is 1.08 bits per heavy atom. The Morgan fingerprint density at radius 1 is 0.346 bits per heavy atom. The Bertz CT molecular complexity index is 6360. The number of H-pyrrole nitrogens is 1. The number of para-hydroxylation sites is 1. The number of aromatic amines is 1. The lowest BCUT2D eigenvalue weighted by Crippen LogP contribution is -2.32.